The smallest absolute Gasteiger partial charge is 0.278 e. The van der Waals surface area contributed by atoms with Gasteiger partial charge in [0.1, 0.15) is 5.75 Å². The molecule has 1 amide bonds. The number of ether oxygens (including phenoxy) is 1. The Labute approximate surface area is 146 Å². The van der Waals surface area contributed by atoms with Crippen LogP contribution in [0, 0.1) is 0 Å². The molecule has 0 unspecified atom stereocenters. The molecule has 0 radical (unpaired) electrons. The van der Waals surface area contributed by atoms with Gasteiger partial charge in [0, 0.05) is 28.2 Å². The Bertz CT molecular complexity index is 789. The van der Waals surface area contributed by atoms with E-state index in [1.54, 1.807) is 18.3 Å². The second-order valence-electron chi connectivity index (χ2n) is 4.74. The first-order valence-electron chi connectivity index (χ1n) is 6.91. The van der Waals surface area contributed by atoms with Crippen LogP contribution in [-0.2, 0) is 6.54 Å². The lowest BCUT2D eigenvalue weighted by Crippen LogP contribution is -2.22. The molecule has 0 atom stereocenters. The Kier molecular flexibility index (Phi) is 5.05. The first-order chi connectivity index (χ1) is 11.2. The van der Waals surface area contributed by atoms with Crippen molar-refractivity contribution >= 4 is 33.2 Å². The molecule has 116 valence electrons. The van der Waals surface area contributed by atoms with Crippen LogP contribution >= 0.6 is 27.3 Å². The maximum atomic E-state index is 12.1. The zero-order chi connectivity index (χ0) is 16.1. The fraction of sp³-hybridized carbons (Fsp3) is 0.0588. The van der Waals surface area contributed by atoms with Gasteiger partial charge in [-0.05, 0) is 35.9 Å². The van der Waals surface area contributed by atoms with Gasteiger partial charge in [-0.2, -0.15) is 0 Å². The van der Waals surface area contributed by atoms with E-state index in [0.29, 0.717) is 17.3 Å². The molecule has 0 bridgehead atoms. The monoisotopic (exact) mass is 388 g/mol. The molecule has 1 aromatic heterocycles. The number of thiazole rings is 1. The molecule has 3 rings (SSSR count). The Balaban J connectivity index is 1.57. The largest absolute Gasteiger partial charge is 0.431 e. The molecule has 2 aromatic carbocycles. The van der Waals surface area contributed by atoms with Crippen LogP contribution in [0.2, 0.25) is 0 Å². The van der Waals surface area contributed by atoms with Gasteiger partial charge >= 0.3 is 0 Å². The first-order valence-corrected chi connectivity index (χ1v) is 8.58. The summed E-state index contributed by atoms with van der Waals surface area (Å²) < 4.78 is 6.48. The lowest BCUT2D eigenvalue weighted by Gasteiger charge is -2.07. The molecule has 0 aliphatic heterocycles. The van der Waals surface area contributed by atoms with E-state index >= 15 is 0 Å². The van der Waals surface area contributed by atoms with E-state index in [2.05, 4.69) is 26.2 Å². The molecule has 4 nitrogen and oxygen atoms in total. The summed E-state index contributed by atoms with van der Waals surface area (Å²) in [7, 11) is 0. The molecule has 0 aliphatic rings. The molecule has 0 fully saturated rings. The Hall–Kier alpha value is -2.18. The number of hydrogen-bond acceptors (Lipinski definition) is 4. The highest BCUT2D eigenvalue weighted by molar-refractivity contribution is 9.10. The molecule has 6 heteroatoms. The minimum absolute atomic E-state index is 0.102. The molecule has 1 N–H and O–H groups in total. The molecule has 1 heterocycles. The standard InChI is InChI=1S/C17H13BrN2O2S/c18-14-3-1-2-13(10-14)16(21)20-11-12-4-6-15(7-5-12)22-17-19-8-9-23-17/h1-10H,11H2,(H,20,21). The number of amides is 1. The lowest BCUT2D eigenvalue weighted by molar-refractivity contribution is 0.0951. The van der Waals surface area contributed by atoms with Crippen LogP contribution in [-0.4, -0.2) is 10.9 Å². The number of aromatic nitrogens is 1. The second-order valence-corrected chi connectivity index (χ2v) is 6.51. The van der Waals surface area contributed by atoms with Crippen LogP contribution in [0.4, 0.5) is 0 Å². The third kappa shape index (κ3) is 4.40. The zero-order valence-electron chi connectivity index (χ0n) is 12.0. The van der Waals surface area contributed by atoms with Gasteiger partial charge in [-0.3, -0.25) is 4.79 Å². The van der Waals surface area contributed by atoms with Crippen molar-refractivity contribution in [2.24, 2.45) is 0 Å². The summed E-state index contributed by atoms with van der Waals surface area (Å²) in [5.41, 5.74) is 1.63. The van der Waals surface area contributed by atoms with Crippen LogP contribution in [0.5, 0.6) is 10.9 Å². The fourth-order valence-electron chi connectivity index (χ4n) is 1.95. The number of rotatable bonds is 5. The lowest BCUT2D eigenvalue weighted by atomic mass is 10.2. The summed E-state index contributed by atoms with van der Waals surface area (Å²) in [5.74, 6) is 0.622. The third-order valence-corrected chi connectivity index (χ3v) is 4.22. The summed E-state index contributed by atoms with van der Waals surface area (Å²) in [5, 5.41) is 5.37. The first kappa shape index (κ1) is 15.7. The predicted molar refractivity (Wildman–Crippen MR) is 93.9 cm³/mol. The number of nitrogens with zero attached hydrogens (tertiary/aromatic N) is 1. The Morgan fingerprint density at radius 3 is 2.74 bits per heavy atom. The Morgan fingerprint density at radius 1 is 1.22 bits per heavy atom. The molecular weight excluding hydrogens is 376 g/mol. The SMILES string of the molecule is O=C(NCc1ccc(Oc2nccs2)cc1)c1cccc(Br)c1. The fourth-order valence-corrected chi connectivity index (χ4v) is 2.85. The number of nitrogens with one attached hydrogen (secondary N) is 1. The van der Waals surface area contributed by atoms with E-state index < -0.39 is 0 Å². The predicted octanol–water partition coefficient (Wildman–Crippen LogP) is 4.63. The average molecular weight is 389 g/mol. The van der Waals surface area contributed by atoms with E-state index in [1.165, 1.54) is 11.3 Å². The van der Waals surface area contributed by atoms with Crippen molar-refractivity contribution < 1.29 is 9.53 Å². The molecular formula is C17H13BrN2O2S. The summed E-state index contributed by atoms with van der Waals surface area (Å²) in [4.78, 5) is 16.2. The van der Waals surface area contributed by atoms with Crippen LogP contribution in [0.1, 0.15) is 15.9 Å². The van der Waals surface area contributed by atoms with Crippen molar-refractivity contribution in [2.75, 3.05) is 0 Å². The van der Waals surface area contributed by atoms with Crippen molar-refractivity contribution in [2.45, 2.75) is 6.54 Å². The highest BCUT2D eigenvalue weighted by Crippen LogP contribution is 2.23. The molecule has 0 aliphatic carbocycles. The van der Waals surface area contributed by atoms with Crippen molar-refractivity contribution in [3.05, 3.63) is 75.7 Å². The van der Waals surface area contributed by atoms with Crippen LogP contribution in [0.3, 0.4) is 0 Å². The molecule has 23 heavy (non-hydrogen) atoms. The summed E-state index contributed by atoms with van der Waals surface area (Å²) >= 11 is 4.80. The number of carbonyl (C=O) groups is 1. The van der Waals surface area contributed by atoms with E-state index in [0.717, 1.165) is 15.8 Å². The number of halogens is 1. The van der Waals surface area contributed by atoms with Gasteiger partial charge in [-0.25, -0.2) is 4.98 Å². The second kappa shape index (κ2) is 7.39. The molecule has 3 aromatic rings. The zero-order valence-corrected chi connectivity index (χ0v) is 14.4. The van der Waals surface area contributed by atoms with Gasteiger partial charge < -0.3 is 10.1 Å². The van der Waals surface area contributed by atoms with Crippen molar-refractivity contribution in [1.82, 2.24) is 10.3 Å². The van der Waals surface area contributed by atoms with Gasteiger partial charge in [-0.15, -0.1) is 0 Å². The van der Waals surface area contributed by atoms with E-state index in [4.69, 9.17) is 4.74 Å². The van der Waals surface area contributed by atoms with Gasteiger partial charge in [0.15, 0.2) is 0 Å². The molecule has 0 saturated carbocycles. The minimum Gasteiger partial charge on any atom is -0.431 e. The molecule has 0 spiro atoms. The van der Waals surface area contributed by atoms with Crippen molar-refractivity contribution in [1.29, 1.82) is 0 Å². The maximum Gasteiger partial charge on any atom is 0.278 e. The van der Waals surface area contributed by atoms with Crippen LogP contribution in [0.15, 0.2) is 64.6 Å². The molecule has 0 saturated heterocycles. The van der Waals surface area contributed by atoms with E-state index in [9.17, 15) is 4.79 Å². The summed E-state index contributed by atoms with van der Waals surface area (Å²) in [6.07, 6.45) is 1.70. The van der Waals surface area contributed by atoms with Gasteiger partial charge in [0.05, 0.1) is 0 Å². The normalized spacial score (nSPS) is 10.3. The average Bonchev–Trinajstić information content (AvgIpc) is 3.07. The van der Waals surface area contributed by atoms with Gasteiger partial charge in [0.2, 0.25) is 0 Å². The van der Waals surface area contributed by atoms with Gasteiger partial charge in [-0.1, -0.05) is 45.5 Å². The summed E-state index contributed by atoms with van der Waals surface area (Å²) in [6.45, 7) is 0.461. The van der Waals surface area contributed by atoms with Crippen molar-refractivity contribution in [3.63, 3.8) is 0 Å². The van der Waals surface area contributed by atoms with Crippen LogP contribution in [0.25, 0.3) is 0 Å². The van der Waals surface area contributed by atoms with Crippen LogP contribution < -0.4 is 10.1 Å². The summed E-state index contributed by atoms with van der Waals surface area (Å²) in [6, 6.07) is 14.9. The number of carbonyl (C=O) groups excluding carboxylic acids is 1. The topological polar surface area (TPSA) is 51.2 Å². The number of hydrogen-bond donors (Lipinski definition) is 1. The minimum atomic E-state index is -0.102. The van der Waals surface area contributed by atoms with E-state index in [-0.39, 0.29) is 5.91 Å². The number of benzene rings is 2. The van der Waals surface area contributed by atoms with Gasteiger partial charge in [0.25, 0.3) is 11.1 Å². The third-order valence-electron chi connectivity index (χ3n) is 3.08. The quantitative estimate of drug-likeness (QED) is 0.693. The Morgan fingerprint density at radius 2 is 2.04 bits per heavy atom. The highest BCUT2D eigenvalue weighted by Gasteiger charge is 2.06. The van der Waals surface area contributed by atoms with Crippen molar-refractivity contribution in [3.8, 4) is 10.9 Å². The maximum absolute atomic E-state index is 12.1. The van der Waals surface area contributed by atoms with E-state index in [1.807, 2.05) is 41.8 Å². The highest BCUT2D eigenvalue weighted by atomic mass is 79.9.